The number of aromatic hydroxyl groups is 2. The molecule has 1 aromatic rings. The van der Waals surface area contributed by atoms with Crippen LogP contribution in [0.1, 0.15) is 97.5 Å². The van der Waals surface area contributed by atoms with E-state index in [9.17, 15) is 40.5 Å². The minimum atomic E-state index is -1.45. The van der Waals surface area contributed by atoms with Crippen LogP contribution in [-0.2, 0) is 14.3 Å². The third-order valence-electron chi connectivity index (χ3n) is 15.1. The molecule has 49 heavy (non-hydrogen) atoms. The molecule has 1 heterocycles. The second-order valence-corrected chi connectivity index (χ2v) is 17.4. The monoisotopic (exact) mass is 684 g/mol. The summed E-state index contributed by atoms with van der Waals surface area (Å²) < 4.78 is 13.1. The van der Waals surface area contributed by atoms with Crippen molar-refractivity contribution in [3.05, 3.63) is 35.4 Å². The maximum Gasteiger partial charge on any atom is 0.160 e. The number of ether oxygens (including phenoxy) is 2. The molecule has 4 saturated carbocycles. The molecule has 7 rings (SSSR count). The van der Waals surface area contributed by atoms with Crippen LogP contribution in [0.3, 0.4) is 0 Å². The van der Waals surface area contributed by atoms with Gasteiger partial charge < -0.3 is 45.2 Å². The zero-order valence-electron chi connectivity index (χ0n) is 29.5. The number of allylic oxidation sites excluding steroid dienone is 1. The van der Waals surface area contributed by atoms with Crippen LogP contribution in [-0.4, -0.2) is 96.0 Å². The molecule has 1 aliphatic heterocycles. The Kier molecular flexibility index (Phi) is 8.47. The molecule has 7 N–H and O–H groups in total. The maximum atomic E-state index is 14.5. The number of aliphatic hydroxyl groups is 5. The van der Waals surface area contributed by atoms with Gasteiger partial charge in [-0.05, 0) is 91.5 Å². The fourth-order valence-corrected chi connectivity index (χ4v) is 12.4. The van der Waals surface area contributed by atoms with Crippen LogP contribution in [0.5, 0.6) is 11.5 Å². The molecule has 10 nitrogen and oxygen atoms in total. The molecular formula is C39H56O10. The highest BCUT2D eigenvalue weighted by molar-refractivity contribution is 5.96. The van der Waals surface area contributed by atoms with Crippen molar-refractivity contribution in [3.8, 4) is 11.5 Å². The van der Waals surface area contributed by atoms with E-state index >= 15 is 0 Å². The predicted molar refractivity (Wildman–Crippen MR) is 180 cm³/mol. The van der Waals surface area contributed by atoms with E-state index in [0.29, 0.717) is 43.2 Å². The van der Waals surface area contributed by atoms with Crippen LogP contribution in [0.2, 0.25) is 0 Å². The number of phenolic OH excluding ortho intramolecular Hbond substituents is 2. The van der Waals surface area contributed by atoms with Crippen molar-refractivity contribution in [3.63, 3.8) is 0 Å². The second kappa shape index (κ2) is 11.7. The second-order valence-electron chi connectivity index (χ2n) is 17.4. The first kappa shape index (κ1) is 35.4. The summed E-state index contributed by atoms with van der Waals surface area (Å²) in [5, 5.41) is 79.2. The highest BCUT2D eigenvalue weighted by Gasteiger charge is 2.79. The summed E-state index contributed by atoms with van der Waals surface area (Å²) in [6.07, 6.45) is 2.86. The topological polar surface area (TPSA) is 177 Å². The van der Waals surface area contributed by atoms with Crippen LogP contribution in [0.25, 0.3) is 0 Å². The van der Waals surface area contributed by atoms with E-state index < -0.39 is 69.8 Å². The molecule has 5 fully saturated rings. The lowest BCUT2D eigenvalue weighted by atomic mass is 9.43. The molecule has 6 aliphatic rings. The van der Waals surface area contributed by atoms with Gasteiger partial charge in [0.15, 0.2) is 17.3 Å². The molecule has 1 spiro atoms. The minimum absolute atomic E-state index is 0.0663. The first-order valence-electron chi connectivity index (χ1n) is 18.5. The fraction of sp³-hybridized carbons (Fsp3) is 0.769. The van der Waals surface area contributed by atoms with Crippen LogP contribution in [0.4, 0.5) is 0 Å². The van der Waals surface area contributed by atoms with Crippen LogP contribution in [0, 0.1) is 40.4 Å². The molecule has 10 heteroatoms. The van der Waals surface area contributed by atoms with Gasteiger partial charge in [-0.1, -0.05) is 46.6 Å². The lowest BCUT2D eigenvalue weighted by Gasteiger charge is -2.62. The number of ketones is 1. The van der Waals surface area contributed by atoms with Crippen molar-refractivity contribution < 1.29 is 50.0 Å². The Morgan fingerprint density at radius 1 is 1.00 bits per heavy atom. The van der Waals surface area contributed by atoms with Gasteiger partial charge in [0.2, 0.25) is 0 Å². The first-order chi connectivity index (χ1) is 23.0. The number of aliphatic hydroxyl groups excluding tert-OH is 3. The number of carbonyl (C=O) groups excluding carboxylic acids is 1. The lowest BCUT2D eigenvalue weighted by Crippen LogP contribution is -2.67. The molecule has 0 bridgehead atoms. The highest BCUT2D eigenvalue weighted by atomic mass is 16.6. The lowest BCUT2D eigenvalue weighted by molar-refractivity contribution is -0.223. The van der Waals surface area contributed by atoms with E-state index in [1.54, 1.807) is 19.1 Å². The Labute approximate surface area is 289 Å². The van der Waals surface area contributed by atoms with Gasteiger partial charge in [-0.15, -0.1) is 0 Å². The molecule has 0 unspecified atom stereocenters. The van der Waals surface area contributed by atoms with Crippen molar-refractivity contribution in [2.75, 3.05) is 13.2 Å². The van der Waals surface area contributed by atoms with E-state index in [1.165, 1.54) is 12.1 Å². The van der Waals surface area contributed by atoms with Crippen molar-refractivity contribution in [2.45, 2.75) is 133 Å². The van der Waals surface area contributed by atoms with Crippen LogP contribution < -0.4 is 0 Å². The standard InChI is InChI=1S/C39H56O10/c1-20-8-6-12-39(34(45)21(20)2)37(5,46)33-29(49-39)19-38(47)24-17-27(43)31-30(22-9-10-25(41)26(42)16-22)32(44)28(48-15-7-14-40)18-35(31,3)23(24)11-13-36(33,38)4/h9-10,16-17,20-21,23,28-34,40-42,44-47H,6-8,11-15,18-19H2,1-5H3/t20-,21-,23+,28-,29-,30+,31-,32-,33+,34-,35+,36+,37+,38-,39-/m0/s1. The Morgan fingerprint density at radius 3 is 2.43 bits per heavy atom. The van der Waals surface area contributed by atoms with E-state index in [-0.39, 0.29) is 54.7 Å². The summed E-state index contributed by atoms with van der Waals surface area (Å²) in [5.74, 6) is -2.83. The van der Waals surface area contributed by atoms with Crippen molar-refractivity contribution in [2.24, 2.45) is 40.4 Å². The molecular weight excluding hydrogens is 628 g/mol. The van der Waals surface area contributed by atoms with Gasteiger partial charge in [-0.25, -0.2) is 0 Å². The number of fused-ring (bicyclic) bond motifs is 7. The van der Waals surface area contributed by atoms with E-state index in [1.807, 2.05) is 20.8 Å². The Morgan fingerprint density at radius 2 is 1.73 bits per heavy atom. The number of carbonyl (C=O) groups is 1. The summed E-state index contributed by atoms with van der Waals surface area (Å²) in [4.78, 5) is 14.5. The maximum absolute atomic E-state index is 14.5. The zero-order valence-corrected chi connectivity index (χ0v) is 29.5. The molecule has 1 saturated heterocycles. The summed E-state index contributed by atoms with van der Waals surface area (Å²) in [6.45, 7) is 10.2. The highest BCUT2D eigenvalue weighted by Crippen LogP contribution is 2.73. The summed E-state index contributed by atoms with van der Waals surface area (Å²) >= 11 is 0. The summed E-state index contributed by atoms with van der Waals surface area (Å²) in [6, 6.07) is 4.37. The van der Waals surface area contributed by atoms with Gasteiger partial charge in [0, 0.05) is 42.8 Å². The number of benzene rings is 1. The molecule has 15 atom stereocenters. The summed E-state index contributed by atoms with van der Waals surface area (Å²) in [7, 11) is 0. The van der Waals surface area contributed by atoms with E-state index in [2.05, 4.69) is 6.92 Å². The Bertz CT molecular complexity index is 1510. The zero-order chi connectivity index (χ0) is 35.5. The van der Waals surface area contributed by atoms with Crippen molar-refractivity contribution in [1.29, 1.82) is 0 Å². The normalized spacial score (nSPS) is 50.7. The molecule has 0 aromatic heterocycles. The minimum Gasteiger partial charge on any atom is -0.504 e. The van der Waals surface area contributed by atoms with E-state index in [4.69, 9.17) is 9.47 Å². The molecule has 1 aromatic carbocycles. The summed E-state index contributed by atoms with van der Waals surface area (Å²) in [5.41, 5.74) is -4.48. The third kappa shape index (κ3) is 4.66. The largest absolute Gasteiger partial charge is 0.504 e. The average Bonchev–Trinajstić information content (AvgIpc) is 3.37. The van der Waals surface area contributed by atoms with Gasteiger partial charge in [-0.2, -0.15) is 0 Å². The van der Waals surface area contributed by atoms with Gasteiger partial charge in [0.05, 0.1) is 35.6 Å². The number of hydrogen-bond donors (Lipinski definition) is 7. The molecule has 5 aliphatic carbocycles. The van der Waals surface area contributed by atoms with Gasteiger partial charge in [0.1, 0.15) is 5.60 Å². The van der Waals surface area contributed by atoms with E-state index in [0.717, 1.165) is 12.8 Å². The number of rotatable bonds is 5. The smallest absolute Gasteiger partial charge is 0.160 e. The fourth-order valence-electron chi connectivity index (χ4n) is 12.4. The number of hydrogen-bond acceptors (Lipinski definition) is 10. The molecule has 0 radical (unpaired) electrons. The van der Waals surface area contributed by atoms with Crippen LogP contribution in [0.15, 0.2) is 29.8 Å². The average molecular weight is 685 g/mol. The Balaban J connectivity index is 1.29. The van der Waals surface area contributed by atoms with Gasteiger partial charge in [0.25, 0.3) is 0 Å². The Hall–Kier alpha value is -2.05. The SMILES string of the molecule is C[C@H]1[C@@H](C)CCC[C@]2(O[C@H]3C[C@]4(O)C5=CC(=O)[C@H]6[C@@H](c7ccc(O)c(O)c7)[C@@H](O)[C@@H](OCCCO)C[C@]6(C)[C@@H]5CC[C@]4(C)[C@@H]3[C@@]2(C)O)[C@H]1O. The molecule has 0 amide bonds. The van der Waals surface area contributed by atoms with Gasteiger partial charge >= 0.3 is 0 Å². The van der Waals surface area contributed by atoms with Gasteiger partial charge in [-0.3, -0.25) is 4.79 Å². The van der Waals surface area contributed by atoms with Crippen molar-refractivity contribution in [1.82, 2.24) is 0 Å². The van der Waals surface area contributed by atoms with Crippen molar-refractivity contribution >= 4 is 5.78 Å². The third-order valence-corrected chi connectivity index (χ3v) is 15.1. The van der Waals surface area contributed by atoms with Crippen LogP contribution >= 0.6 is 0 Å². The quantitative estimate of drug-likeness (QED) is 0.179. The number of phenols is 2. The first-order valence-corrected chi connectivity index (χ1v) is 18.5. The predicted octanol–water partition coefficient (Wildman–Crippen LogP) is 3.72. The molecule has 272 valence electrons.